The lowest BCUT2D eigenvalue weighted by Crippen LogP contribution is -2.48. The monoisotopic (exact) mass is 282 g/mol. The van der Waals surface area contributed by atoms with Gasteiger partial charge in [0, 0.05) is 0 Å². The highest BCUT2D eigenvalue weighted by atomic mass is 17.1. The van der Waals surface area contributed by atoms with E-state index in [1.165, 1.54) is 7.11 Å². The molecule has 0 bridgehead atoms. The zero-order valence-electron chi connectivity index (χ0n) is 12.7. The molecule has 0 spiro atoms. The van der Waals surface area contributed by atoms with Crippen molar-refractivity contribution in [3.8, 4) is 0 Å². The minimum atomic E-state index is -0.339. The second-order valence-corrected chi connectivity index (χ2v) is 6.49. The second-order valence-electron chi connectivity index (χ2n) is 6.49. The third kappa shape index (κ3) is 2.63. The number of rotatable bonds is 3. The molecule has 0 heterocycles. The molecule has 6 atom stereocenters. The van der Waals surface area contributed by atoms with Crippen LogP contribution < -0.4 is 0 Å². The lowest BCUT2D eigenvalue weighted by atomic mass is 9.57. The molecule has 2 aliphatic carbocycles. The van der Waals surface area contributed by atoms with Crippen molar-refractivity contribution in [3.63, 3.8) is 0 Å². The van der Waals surface area contributed by atoms with Gasteiger partial charge in [0.25, 0.3) is 0 Å². The minimum absolute atomic E-state index is 0.163. The van der Waals surface area contributed by atoms with E-state index in [1.54, 1.807) is 0 Å². The first kappa shape index (κ1) is 15.5. The van der Waals surface area contributed by atoms with Gasteiger partial charge in [-0.25, -0.2) is 4.89 Å². The van der Waals surface area contributed by atoms with Crippen molar-refractivity contribution in [2.24, 2.45) is 29.6 Å². The molecule has 2 rings (SSSR count). The summed E-state index contributed by atoms with van der Waals surface area (Å²) in [5.41, 5.74) is 0.949. The molecule has 0 aliphatic heterocycles. The summed E-state index contributed by atoms with van der Waals surface area (Å²) in [5.74, 6) is 1.12. The normalized spacial score (nSPS) is 39.0. The minimum Gasteiger partial charge on any atom is -0.469 e. The van der Waals surface area contributed by atoms with E-state index in [4.69, 9.17) is 9.62 Å². The van der Waals surface area contributed by atoms with Gasteiger partial charge in [-0.2, -0.15) is 0 Å². The molecule has 0 amide bonds. The number of carbonyl (C=O) groups excluding carboxylic acids is 1. The van der Waals surface area contributed by atoms with E-state index >= 15 is 0 Å². The molecule has 4 heteroatoms. The predicted octanol–water partition coefficient (Wildman–Crippen LogP) is 3.28. The van der Waals surface area contributed by atoms with Crippen molar-refractivity contribution in [1.29, 1.82) is 0 Å². The Hall–Kier alpha value is -0.870. The van der Waals surface area contributed by atoms with Crippen molar-refractivity contribution in [3.05, 3.63) is 12.2 Å². The first-order valence-electron chi connectivity index (χ1n) is 7.57. The molecular formula is C16H26O4. The Bertz CT molecular complexity index is 379. The van der Waals surface area contributed by atoms with Crippen molar-refractivity contribution in [1.82, 2.24) is 0 Å². The lowest BCUT2D eigenvalue weighted by molar-refractivity contribution is -0.295. The molecule has 2 fully saturated rings. The molecule has 1 N–H and O–H groups in total. The zero-order chi connectivity index (χ0) is 14.9. The number of methoxy groups -OCH3 is 1. The van der Waals surface area contributed by atoms with Crippen molar-refractivity contribution < 1.29 is 19.7 Å². The van der Waals surface area contributed by atoms with Gasteiger partial charge in [-0.05, 0) is 48.5 Å². The van der Waals surface area contributed by atoms with Crippen molar-refractivity contribution >= 4 is 5.97 Å². The highest BCUT2D eigenvalue weighted by molar-refractivity contribution is 5.72. The number of fused-ring (bicyclic) bond motifs is 1. The number of ether oxygens (including phenoxy) is 1. The number of hydrogen-bond acceptors (Lipinski definition) is 4. The summed E-state index contributed by atoms with van der Waals surface area (Å²) in [7, 11) is 1.43. The van der Waals surface area contributed by atoms with E-state index in [0.717, 1.165) is 31.3 Å². The van der Waals surface area contributed by atoms with Crippen LogP contribution in [0.1, 0.15) is 39.5 Å². The van der Waals surface area contributed by atoms with E-state index in [9.17, 15) is 10.1 Å². The van der Waals surface area contributed by atoms with Gasteiger partial charge in [0.2, 0.25) is 0 Å². The van der Waals surface area contributed by atoms with Gasteiger partial charge >= 0.3 is 5.97 Å². The Kier molecular flexibility index (Phi) is 4.86. The average molecular weight is 282 g/mol. The molecule has 114 valence electrons. The van der Waals surface area contributed by atoms with Gasteiger partial charge in [-0.1, -0.05) is 26.8 Å². The molecule has 0 aromatic rings. The third-order valence-electron chi connectivity index (χ3n) is 5.55. The Morgan fingerprint density at radius 2 is 2.10 bits per heavy atom. The Morgan fingerprint density at radius 1 is 1.40 bits per heavy atom. The molecule has 0 aromatic carbocycles. The molecule has 2 aliphatic rings. The topological polar surface area (TPSA) is 55.8 Å². The first-order chi connectivity index (χ1) is 9.51. The zero-order valence-corrected chi connectivity index (χ0v) is 12.7. The predicted molar refractivity (Wildman–Crippen MR) is 75.9 cm³/mol. The van der Waals surface area contributed by atoms with E-state index in [2.05, 4.69) is 13.5 Å². The molecule has 0 aromatic heterocycles. The Labute approximate surface area is 121 Å². The van der Waals surface area contributed by atoms with Gasteiger partial charge in [0.05, 0.1) is 13.0 Å². The van der Waals surface area contributed by atoms with Crippen molar-refractivity contribution in [2.75, 3.05) is 7.11 Å². The maximum absolute atomic E-state index is 11.9. The van der Waals surface area contributed by atoms with Crippen molar-refractivity contribution in [2.45, 2.75) is 45.6 Å². The molecule has 2 saturated carbocycles. The summed E-state index contributed by atoms with van der Waals surface area (Å²) in [5, 5.41) is 9.30. The SMILES string of the molecule is C=C1CC[C@@H]2[C@@H]([C@H]([C@@H](C)C(=O)OC)CC[C@H]2C)[C@@H]1OO. The summed E-state index contributed by atoms with van der Waals surface area (Å²) in [4.78, 5) is 16.7. The molecule has 4 nitrogen and oxygen atoms in total. The van der Waals surface area contributed by atoms with E-state index < -0.39 is 0 Å². The maximum atomic E-state index is 11.9. The Morgan fingerprint density at radius 3 is 2.70 bits per heavy atom. The van der Waals surface area contributed by atoms with Crippen LogP contribution in [0.25, 0.3) is 0 Å². The van der Waals surface area contributed by atoms with Crippen LogP contribution in [0.4, 0.5) is 0 Å². The molecule has 20 heavy (non-hydrogen) atoms. The highest BCUT2D eigenvalue weighted by Gasteiger charge is 2.48. The van der Waals surface area contributed by atoms with E-state index in [0.29, 0.717) is 11.8 Å². The van der Waals surface area contributed by atoms with Gasteiger partial charge in [-0.15, -0.1) is 0 Å². The average Bonchev–Trinajstić information content (AvgIpc) is 2.46. The summed E-state index contributed by atoms with van der Waals surface area (Å²) in [6.45, 7) is 8.23. The molecule has 0 unspecified atom stereocenters. The second kappa shape index (κ2) is 6.27. The fourth-order valence-electron chi connectivity index (χ4n) is 4.34. The highest BCUT2D eigenvalue weighted by Crippen LogP contribution is 2.51. The summed E-state index contributed by atoms with van der Waals surface area (Å²) >= 11 is 0. The standard InChI is InChI=1S/C16H26O4/c1-9-5-8-13(11(3)16(17)19-4)14-12(9)7-6-10(2)15(14)20-18/h9,11-15,18H,2,5-8H2,1,3-4H3/t9-,11-,12+,13+,14+,15-/m1/s1. The summed E-state index contributed by atoms with van der Waals surface area (Å²) in [6.07, 6.45) is 3.74. The van der Waals surface area contributed by atoms with Crippen LogP contribution in [0.15, 0.2) is 12.2 Å². The molecule has 0 saturated heterocycles. The van der Waals surface area contributed by atoms with Crippen LogP contribution in [0.3, 0.4) is 0 Å². The number of esters is 1. The van der Waals surface area contributed by atoms with Crippen LogP contribution in [-0.2, 0) is 14.4 Å². The summed E-state index contributed by atoms with van der Waals surface area (Å²) in [6, 6.07) is 0. The van der Waals surface area contributed by atoms with Crippen LogP contribution in [-0.4, -0.2) is 24.4 Å². The third-order valence-corrected chi connectivity index (χ3v) is 5.55. The van der Waals surface area contributed by atoms with Gasteiger partial charge < -0.3 is 4.74 Å². The van der Waals surface area contributed by atoms with Crippen LogP contribution in [0.5, 0.6) is 0 Å². The molecule has 0 radical (unpaired) electrons. The van der Waals surface area contributed by atoms with E-state index in [-0.39, 0.29) is 29.8 Å². The largest absolute Gasteiger partial charge is 0.469 e. The van der Waals surface area contributed by atoms with Gasteiger partial charge in [0.15, 0.2) is 0 Å². The smallest absolute Gasteiger partial charge is 0.308 e. The Balaban J connectivity index is 2.27. The van der Waals surface area contributed by atoms with Crippen LogP contribution >= 0.6 is 0 Å². The van der Waals surface area contributed by atoms with Gasteiger partial charge in [0.1, 0.15) is 6.10 Å². The van der Waals surface area contributed by atoms with Crippen LogP contribution in [0.2, 0.25) is 0 Å². The lowest BCUT2D eigenvalue weighted by Gasteiger charge is -2.49. The maximum Gasteiger partial charge on any atom is 0.308 e. The fourth-order valence-corrected chi connectivity index (χ4v) is 4.34. The van der Waals surface area contributed by atoms with Crippen LogP contribution in [0, 0.1) is 29.6 Å². The van der Waals surface area contributed by atoms with Gasteiger partial charge in [-0.3, -0.25) is 10.1 Å². The first-order valence-corrected chi connectivity index (χ1v) is 7.57. The quantitative estimate of drug-likeness (QED) is 0.373. The molecular weight excluding hydrogens is 256 g/mol. The number of carbonyl (C=O) groups is 1. The number of hydrogen-bond donors (Lipinski definition) is 1. The fraction of sp³-hybridized carbons (Fsp3) is 0.812. The summed E-state index contributed by atoms with van der Waals surface area (Å²) < 4.78 is 4.90. The van der Waals surface area contributed by atoms with E-state index in [1.807, 2.05) is 6.92 Å².